The predicted molar refractivity (Wildman–Crippen MR) is 61.1 cm³/mol. The van der Waals surface area contributed by atoms with Crippen molar-refractivity contribution in [1.29, 1.82) is 0 Å². The van der Waals surface area contributed by atoms with Gasteiger partial charge in [0.1, 0.15) is 0 Å². The first-order chi connectivity index (χ1) is 6.63. The Kier molecular flexibility index (Phi) is 3.77. The quantitative estimate of drug-likeness (QED) is 0.772. The van der Waals surface area contributed by atoms with Crippen molar-refractivity contribution in [3.05, 3.63) is 36.4 Å². The van der Waals surface area contributed by atoms with Crippen molar-refractivity contribution >= 4 is 23.4 Å². The van der Waals surface area contributed by atoms with Crippen LogP contribution < -0.4 is 5.32 Å². The van der Waals surface area contributed by atoms with Gasteiger partial charge in [-0.2, -0.15) is 0 Å². The van der Waals surface area contributed by atoms with Crippen molar-refractivity contribution < 1.29 is 4.79 Å². The third kappa shape index (κ3) is 2.92. The Balaban J connectivity index is 2.76. The lowest BCUT2D eigenvalue weighted by atomic mass is 10.2. The van der Waals surface area contributed by atoms with Crippen LogP contribution in [0.3, 0.4) is 0 Å². The van der Waals surface area contributed by atoms with Crippen LogP contribution >= 0.6 is 11.8 Å². The maximum Gasteiger partial charge on any atom is 0.221 e. The van der Waals surface area contributed by atoms with E-state index in [1.807, 2.05) is 30.5 Å². The molecule has 1 rings (SSSR count). The first-order valence-electron chi connectivity index (χ1n) is 4.24. The molecule has 0 saturated heterocycles. The van der Waals surface area contributed by atoms with Crippen molar-refractivity contribution in [1.82, 2.24) is 5.32 Å². The average molecular weight is 207 g/mol. The van der Waals surface area contributed by atoms with E-state index in [1.54, 1.807) is 11.8 Å². The number of hydrogen-bond acceptors (Lipinski definition) is 2. The molecule has 0 spiro atoms. The smallest absolute Gasteiger partial charge is 0.221 e. The molecule has 0 aromatic heterocycles. The molecule has 0 bridgehead atoms. The molecular formula is C11H13NOS. The van der Waals surface area contributed by atoms with Gasteiger partial charge < -0.3 is 5.32 Å². The fourth-order valence-electron chi connectivity index (χ4n) is 1.08. The van der Waals surface area contributed by atoms with E-state index in [9.17, 15) is 4.79 Å². The minimum absolute atomic E-state index is 0.0936. The van der Waals surface area contributed by atoms with Crippen LogP contribution in [0.4, 0.5) is 0 Å². The maximum atomic E-state index is 10.8. The summed E-state index contributed by atoms with van der Waals surface area (Å²) < 4.78 is 0. The number of hydrogen-bond donors (Lipinski definition) is 1. The van der Waals surface area contributed by atoms with Gasteiger partial charge in [0.2, 0.25) is 5.91 Å². The van der Waals surface area contributed by atoms with Gasteiger partial charge in [-0.15, -0.1) is 11.8 Å². The first-order valence-corrected chi connectivity index (χ1v) is 5.47. The summed E-state index contributed by atoms with van der Waals surface area (Å²) in [6.07, 6.45) is 2.03. The molecule has 0 unspecified atom stereocenters. The van der Waals surface area contributed by atoms with Gasteiger partial charge in [-0.25, -0.2) is 0 Å². The van der Waals surface area contributed by atoms with E-state index in [0.717, 1.165) is 5.56 Å². The van der Waals surface area contributed by atoms with Crippen LogP contribution in [0.1, 0.15) is 12.5 Å². The van der Waals surface area contributed by atoms with Crippen molar-refractivity contribution in [3.63, 3.8) is 0 Å². The Morgan fingerprint density at radius 3 is 2.36 bits per heavy atom. The van der Waals surface area contributed by atoms with E-state index < -0.39 is 0 Å². The molecule has 2 nitrogen and oxygen atoms in total. The first kappa shape index (κ1) is 10.9. The standard InChI is InChI=1S/C11H13NOS/c1-8(12-9(2)13)10-4-6-11(14-3)7-5-10/h4-7H,1H2,2-3H3,(H,12,13). The van der Waals surface area contributed by atoms with E-state index in [4.69, 9.17) is 0 Å². The second-order valence-electron chi connectivity index (χ2n) is 2.89. The van der Waals surface area contributed by atoms with Gasteiger partial charge in [-0.3, -0.25) is 4.79 Å². The topological polar surface area (TPSA) is 29.1 Å². The highest BCUT2D eigenvalue weighted by atomic mass is 32.2. The number of rotatable bonds is 3. The fraction of sp³-hybridized carbons (Fsp3) is 0.182. The lowest BCUT2D eigenvalue weighted by molar-refractivity contribution is -0.117. The molecule has 1 N–H and O–H groups in total. The molecule has 0 fully saturated rings. The monoisotopic (exact) mass is 207 g/mol. The minimum Gasteiger partial charge on any atom is -0.326 e. The van der Waals surface area contributed by atoms with Crippen molar-refractivity contribution in [2.24, 2.45) is 0 Å². The number of carbonyl (C=O) groups is 1. The van der Waals surface area contributed by atoms with E-state index in [1.165, 1.54) is 11.8 Å². The molecule has 0 saturated carbocycles. The van der Waals surface area contributed by atoms with Gasteiger partial charge in [-0.1, -0.05) is 18.7 Å². The second kappa shape index (κ2) is 4.86. The highest BCUT2D eigenvalue weighted by molar-refractivity contribution is 7.98. The van der Waals surface area contributed by atoms with Crippen LogP contribution in [0.25, 0.3) is 5.70 Å². The van der Waals surface area contributed by atoms with Crippen LogP contribution in [0.5, 0.6) is 0 Å². The minimum atomic E-state index is -0.0936. The Hall–Kier alpha value is -1.22. The molecule has 0 aliphatic carbocycles. The molecular weight excluding hydrogens is 194 g/mol. The Morgan fingerprint density at radius 1 is 1.36 bits per heavy atom. The van der Waals surface area contributed by atoms with Crippen molar-refractivity contribution in [3.8, 4) is 0 Å². The summed E-state index contributed by atoms with van der Waals surface area (Å²) >= 11 is 1.69. The lowest BCUT2D eigenvalue weighted by Gasteiger charge is -2.06. The fourth-order valence-corrected chi connectivity index (χ4v) is 1.49. The molecule has 1 aromatic rings. The highest BCUT2D eigenvalue weighted by Crippen LogP contribution is 2.17. The molecule has 0 radical (unpaired) electrons. The Bertz CT molecular complexity index is 343. The van der Waals surface area contributed by atoms with Gasteiger partial charge >= 0.3 is 0 Å². The van der Waals surface area contributed by atoms with Gasteiger partial charge in [0, 0.05) is 17.5 Å². The summed E-state index contributed by atoms with van der Waals surface area (Å²) in [5, 5.41) is 2.66. The number of nitrogens with one attached hydrogen (secondary N) is 1. The zero-order valence-electron chi connectivity index (χ0n) is 8.33. The van der Waals surface area contributed by atoms with Crippen LogP contribution in [-0.4, -0.2) is 12.2 Å². The third-order valence-corrected chi connectivity index (χ3v) is 2.51. The maximum absolute atomic E-state index is 10.8. The zero-order chi connectivity index (χ0) is 10.6. The van der Waals surface area contributed by atoms with Crippen LogP contribution in [0.15, 0.2) is 35.7 Å². The number of carbonyl (C=O) groups excluding carboxylic acids is 1. The third-order valence-electron chi connectivity index (χ3n) is 1.77. The zero-order valence-corrected chi connectivity index (χ0v) is 9.15. The Labute approximate surface area is 88.4 Å². The normalized spacial score (nSPS) is 9.57. The molecule has 1 amide bonds. The van der Waals surface area contributed by atoms with Crippen LogP contribution in [0, 0.1) is 0 Å². The highest BCUT2D eigenvalue weighted by Gasteiger charge is 1.99. The van der Waals surface area contributed by atoms with E-state index in [2.05, 4.69) is 11.9 Å². The van der Waals surface area contributed by atoms with Crippen molar-refractivity contribution in [2.75, 3.05) is 6.26 Å². The molecule has 3 heteroatoms. The average Bonchev–Trinajstić information content (AvgIpc) is 2.17. The lowest BCUT2D eigenvalue weighted by Crippen LogP contribution is -2.17. The summed E-state index contributed by atoms with van der Waals surface area (Å²) in [4.78, 5) is 12.0. The Morgan fingerprint density at radius 2 is 1.93 bits per heavy atom. The summed E-state index contributed by atoms with van der Waals surface area (Å²) in [5.74, 6) is -0.0936. The summed E-state index contributed by atoms with van der Waals surface area (Å²) in [5.41, 5.74) is 1.59. The molecule has 74 valence electrons. The molecule has 14 heavy (non-hydrogen) atoms. The number of benzene rings is 1. The number of amides is 1. The van der Waals surface area contributed by atoms with Gasteiger partial charge in [0.05, 0.1) is 0 Å². The molecule has 1 aromatic carbocycles. The molecule has 0 aliphatic heterocycles. The van der Waals surface area contributed by atoms with E-state index >= 15 is 0 Å². The van der Waals surface area contributed by atoms with Crippen molar-refractivity contribution in [2.45, 2.75) is 11.8 Å². The summed E-state index contributed by atoms with van der Waals surface area (Å²) in [7, 11) is 0. The van der Waals surface area contributed by atoms with E-state index in [-0.39, 0.29) is 5.91 Å². The second-order valence-corrected chi connectivity index (χ2v) is 3.77. The van der Waals surface area contributed by atoms with Gasteiger partial charge in [-0.05, 0) is 24.0 Å². The largest absolute Gasteiger partial charge is 0.326 e. The predicted octanol–water partition coefficient (Wildman–Crippen LogP) is 2.52. The van der Waals surface area contributed by atoms with Gasteiger partial charge in [0.15, 0.2) is 0 Å². The van der Waals surface area contributed by atoms with Crippen LogP contribution in [0.2, 0.25) is 0 Å². The van der Waals surface area contributed by atoms with E-state index in [0.29, 0.717) is 5.70 Å². The SMILES string of the molecule is C=C(NC(C)=O)c1ccc(SC)cc1. The summed E-state index contributed by atoms with van der Waals surface area (Å²) in [6.45, 7) is 5.26. The number of thioether (sulfide) groups is 1. The van der Waals surface area contributed by atoms with Crippen LogP contribution in [-0.2, 0) is 4.79 Å². The molecule has 0 heterocycles. The molecule has 0 aliphatic rings. The van der Waals surface area contributed by atoms with Gasteiger partial charge in [0.25, 0.3) is 0 Å². The molecule has 0 atom stereocenters. The summed E-state index contributed by atoms with van der Waals surface area (Å²) in [6, 6.07) is 7.91.